The highest BCUT2D eigenvalue weighted by molar-refractivity contribution is 5.89. The van der Waals surface area contributed by atoms with Crippen LogP contribution in [0.4, 0.5) is 5.82 Å². The van der Waals surface area contributed by atoms with Gasteiger partial charge in [0.15, 0.2) is 0 Å². The van der Waals surface area contributed by atoms with E-state index in [1.54, 1.807) is 0 Å². The largest absolute Gasteiger partial charge is 0.380 e. The van der Waals surface area contributed by atoms with Gasteiger partial charge in [-0.3, -0.25) is 0 Å². The molecular weight excluding hydrogens is 418 g/mol. The lowest BCUT2D eigenvalue weighted by molar-refractivity contribution is 0.00502. The summed E-state index contributed by atoms with van der Waals surface area (Å²) in [4.78, 5) is 12.2. The second-order valence-corrected chi connectivity index (χ2v) is 9.84. The van der Waals surface area contributed by atoms with Crippen LogP contribution in [0.15, 0.2) is 84.9 Å². The summed E-state index contributed by atoms with van der Waals surface area (Å²) < 4.78 is 0. The molecule has 0 atom stereocenters. The normalized spacial score (nSPS) is 15.2. The minimum atomic E-state index is -1.01. The number of hydrogen-bond donors (Lipinski definition) is 1. The number of fused-ring (bicyclic) bond motifs is 1. The Morgan fingerprint density at radius 2 is 1.38 bits per heavy atom. The average Bonchev–Trinajstić information content (AvgIpc) is 2.88. The summed E-state index contributed by atoms with van der Waals surface area (Å²) in [7, 11) is 0. The quantitative estimate of drug-likeness (QED) is 0.392. The molecule has 1 N–H and O–H groups in total. The second kappa shape index (κ2) is 9.55. The Morgan fingerprint density at radius 3 is 1.97 bits per heavy atom. The van der Waals surface area contributed by atoms with Crippen molar-refractivity contribution in [1.82, 2.24) is 9.97 Å². The van der Waals surface area contributed by atoms with Crippen molar-refractivity contribution in [3.63, 3.8) is 0 Å². The molecule has 5 rings (SSSR count). The number of para-hydroxylation sites is 1. The maximum atomic E-state index is 12.2. The molecule has 1 aromatic heterocycles. The Balaban J connectivity index is 1.46. The van der Waals surface area contributed by atoms with Crippen LogP contribution in [0.1, 0.15) is 43.6 Å². The Kier molecular flexibility index (Phi) is 6.34. The van der Waals surface area contributed by atoms with E-state index in [9.17, 15) is 5.11 Å². The van der Waals surface area contributed by atoms with Crippen LogP contribution in [-0.2, 0) is 12.0 Å². The molecule has 1 aliphatic rings. The van der Waals surface area contributed by atoms with Crippen molar-refractivity contribution in [1.29, 1.82) is 0 Å². The van der Waals surface area contributed by atoms with Gasteiger partial charge in [0.2, 0.25) is 0 Å². The number of aromatic nitrogens is 2. The molecule has 0 radical (unpaired) electrons. The first-order valence-corrected chi connectivity index (χ1v) is 12.4. The summed E-state index contributed by atoms with van der Waals surface area (Å²) in [5.41, 5.74) is 1.93. The Morgan fingerprint density at radius 1 is 0.824 bits per heavy atom. The van der Waals surface area contributed by atoms with Gasteiger partial charge in [-0.15, -0.1) is 0 Å². The third-order valence-electron chi connectivity index (χ3n) is 7.03. The molecule has 0 bridgehead atoms. The second-order valence-electron chi connectivity index (χ2n) is 9.84. The first kappa shape index (κ1) is 22.5. The van der Waals surface area contributed by atoms with E-state index in [4.69, 9.17) is 9.97 Å². The fourth-order valence-electron chi connectivity index (χ4n) is 5.34. The molecule has 2 heterocycles. The van der Waals surface area contributed by atoms with E-state index < -0.39 is 5.60 Å². The predicted molar refractivity (Wildman–Crippen MR) is 139 cm³/mol. The zero-order chi connectivity index (χ0) is 23.5. The fraction of sp³-hybridized carbons (Fsp3) is 0.333. The van der Waals surface area contributed by atoms with Crippen molar-refractivity contribution in [2.45, 2.75) is 38.7 Å². The number of hydrogen-bond acceptors (Lipinski definition) is 4. The fourth-order valence-corrected chi connectivity index (χ4v) is 5.34. The summed E-state index contributed by atoms with van der Waals surface area (Å²) in [6, 6.07) is 28.6. The van der Waals surface area contributed by atoms with Crippen LogP contribution in [0.5, 0.6) is 0 Å². The van der Waals surface area contributed by atoms with E-state index in [1.165, 1.54) is 0 Å². The third kappa shape index (κ3) is 4.30. The number of nitrogens with zero attached hydrogens (tertiary/aromatic N) is 3. The highest BCUT2D eigenvalue weighted by Crippen LogP contribution is 2.42. The molecule has 0 unspecified atom stereocenters. The van der Waals surface area contributed by atoms with E-state index in [-0.39, 0.29) is 5.92 Å². The minimum absolute atomic E-state index is 0.122. The van der Waals surface area contributed by atoms with Gasteiger partial charge in [-0.2, -0.15) is 0 Å². The Labute approximate surface area is 202 Å². The minimum Gasteiger partial charge on any atom is -0.380 e. The SMILES string of the molecule is CC(C)Cc1nc(N2CCC(C(O)(c3ccccc3)c3ccccc3)CC2)c2ccccc2n1. The summed E-state index contributed by atoms with van der Waals surface area (Å²) in [5, 5.41) is 13.3. The van der Waals surface area contributed by atoms with Crippen molar-refractivity contribution >= 4 is 16.7 Å². The predicted octanol–water partition coefficient (Wildman–Crippen LogP) is 5.98. The van der Waals surface area contributed by atoms with Gasteiger partial charge in [-0.25, -0.2) is 9.97 Å². The molecule has 4 aromatic rings. The molecule has 0 aliphatic carbocycles. The van der Waals surface area contributed by atoms with Gasteiger partial charge < -0.3 is 10.0 Å². The average molecular weight is 452 g/mol. The van der Waals surface area contributed by atoms with Gasteiger partial charge in [-0.1, -0.05) is 86.6 Å². The van der Waals surface area contributed by atoms with Crippen LogP contribution in [0.25, 0.3) is 10.9 Å². The summed E-state index contributed by atoms with van der Waals surface area (Å²) in [6.45, 7) is 6.12. The number of aliphatic hydroxyl groups is 1. The van der Waals surface area contributed by atoms with E-state index in [1.807, 2.05) is 42.5 Å². The molecule has 174 valence electrons. The molecule has 4 nitrogen and oxygen atoms in total. The molecule has 3 aromatic carbocycles. The van der Waals surface area contributed by atoms with Crippen LogP contribution in [0, 0.1) is 11.8 Å². The first-order valence-electron chi connectivity index (χ1n) is 12.4. The van der Waals surface area contributed by atoms with Crippen molar-refractivity contribution in [2.24, 2.45) is 11.8 Å². The molecule has 4 heteroatoms. The zero-order valence-electron chi connectivity index (χ0n) is 20.1. The third-order valence-corrected chi connectivity index (χ3v) is 7.03. The van der Waals surface area contributed by atoms with Gasteiger partial charge in [0.05, 0.1) is 5.52 Å². The van der Waals surface area contributed by atoms with Crippen molar-refractivity contribution < 1.29 is 5.11 Å². The highest BCUT2D eigenvalue weighted by Gasteiger charge is 2.41. The zero-order valence-corrected chi connectivity index (χ0v) is 20.1. The Bertz CT molecular complexity index is 1190. The molecule has 34 heavy (non-hydrogen) atoms. The summed E-state index contributed by atoms with van der Waals surface area (Å²) in [5.74, 6) is 2.57. The summed E-state index contributed by atoms with van der Waals surface area (Å²) >= 11 is 0. The van der Waals surface area contributed by atoms with E-state index in [0.29, 0.717) is 5.92 Å². The molecule has 1 saturated heterocycles. The lowest BCUT2D eigenvalue weighted by atomic mass is 9.72. The molecule has 1 aliphatic heterocycles. The number of piperidine rings is 1. The van der Waals surface area contributed by atoms with Crippen LogP contribution < -0.4 is 4.90 Å². The van der Waals surface area contributed by atoms with E-state index >= 15 is 0 Å². The Hall–Kier alpha value is -3.24. The lowest BCUT2D eigenvalue weighted by Gasteiger charge is -2.42. The van der Waals surface area contributed by atoms with Crippen LogP contribution in [-0.4, -0.2) is 28.2 Å². The van der Waals surface area contributed by atoms with Gasteiger partial charge >= 0.3 is 0 Å². The molecule has 1 fully saturated rings. The lowest BCUT2D eigenvalue weighted by Crippen LogP contribution is -2.44. The smallest absolute Gasteiger partial charge is 0.140 e. The monoisotopic (exact) mass is 451 g/mol. The molecule has 0 spiro atoms. The molecule has 0 amide bonds. The van der Waals surface area contributed by atoms with Crippen molar-refractivity contribution in [3.05, 3.63) is 102 Å². The van der Waals surface area contributed by atoms with Gasteiger partial charge in [0.25, 0.3) is 0 Å². The highest BCUT2D eigenvalue weighted by atomic mass is 16.3. The molecule has 0 saturated carbocycles. The van der Waals surface area contributed by atoms with Crippen LogP contribution >= 0.6 is 0 Å². The van der Waals surface area contributed by atoms with Gasteiger partial charge in [0.1, 0.15) is 17.2 Å². The van der Waals surface area contributed by atoms with Gasteiger partial charge in [0, 0.05) is 24.9 Å². The van der Waals surface area contributed by atoms with Crippen LogP contribution in [0.2, 0.25) is 0 Å². The van der Waals surface area contributed by atoms with Gasteiger partial charge in [-0.05, 0) is 47.9 Å². The van der Waals surface area contributed by atoms with Crippen molar-refractivity contribution in [2.75, 3.05) is 18.0 Å². The number of anilines is 1. The standard InChI is InChI=1S/C30H33N3O/c1-22(2)21-28-31-27-16-10-9-15-26(27)29(32-28)33-19-17-25(18-20-33)30(34,23-11-5-3-6-12-23)24-13-7-4-8-14-24/h3-16,22,25,34H,17-21H2,1-2H3. The van der Waals surface area contributed by atoms with Crippen molar-refractivity contribution in [3.8, 4) is 0 Å². The van der Waals surface area contributed by atoms with Crippen LogP contribution in [0.3, 0.4) is 0 Å². The van der Waals surface area contributed by atoms with E-state index in [2.05, 4.69) is 61.2 Å². The summed E-state index contributed by atoms with van der Waals surface area (Å²) in [6.07, 6.45) is 2.65. The number of benzene rings is 3. The van der Waals surface area contributed by atoms with E-state index in [0.717, 1.165) is 66.0 Å². The number of rotatable bonds is 6. The maximum absolute atomic E-state index is 12.2. The maximum Gasteiger partial charge on any atom is 0.140 e. The topological polar surface area (TPSA) is 49.2 Å². The molecular formula is C30H33N3O. The first-order chi connectivity index (χ1) is 16.6.